The summed E-state index contributed by atoms with van der Waals surface area (Å²) < 4.78 is 0. The number of hydrogen-bond donors (Lipinski definition) is 1. The molecule has 0 saturated heterocycles. The van der Waals surface area contributed by atoms with E-state index < -0.39 is 0 Å². The van der Waals surface area contributed by atoms with Crippen LogP contribution in [0.3, 0.4) is 0 Å². The van der Waals surface area contributed by atoms with Gasteiger partial charge in [0.2, 0.25) is 0 Å². The highest BCUT2D eigenvalue weighted by atomic mass is 14.5. The van der Waals surface area contributed by atoms with Crippen molar-refractivity contribution in [1.29, 1.82) is 0 Å². The van der Waals surface area contributed by atoms with Crippen molar-refractivity contribution in [2.75, 3.05) is 5.73 Å². The van der Waals surface area contributed by atoms with E-state index in [0.717, 1.165) is 5.69 Å². The highest BCUT2D eigenvalue weighted by molar-refractivity contribution is 5.41. The lowest BCUT2D eigenvalue weighted by atomic mass is 9.94. The largest absolute Gasteiger partial charge is 0.399 e. The number of anilines is 1. The highest BCUT2D eigenvalue weighted by Crippen LogP contribution is 2.23. The molecule has 1 aromatic carbocycles. The van der Waals surface area contributed by atoms with Crippen LogP contribution in [0.5, 0.6) is 0 Å². The van der Waals surface area contributed by atoms with E-state index in [0.29, 0.717) is 5.92 Å². The Balaban J connectivity index is 2.06. The van der Waals surface area contributed by atoms with Gasteiger partial charge in [0.05, 0.1) is 0 Å². The van der Waals surface area contributed by atoms with E-state index in [4.69, 9.17) is 5.73 Å². The van der Waals surface area contributed by atoms with Crippen LogP contribution >= 0.6 is 0 Å². The van der Waals surface area contributed by atoms with Crippen molar-refractivity contribution in [1.82, 2.24) is 0 Å². The fourth-order valence-electron chi connectivity index (χ4n) is 2.62. The second kappa shape index (κ2) is 9.89. The lowest BCUT2D eigenvalue weighted by Gasteiger charge is -2.12. The topological polar surface area (TPSA) is 26.0 Å². The molecule has 108 valence electrons. The fraction of sp³-hybridized carbons (Fsp3) is 0.667. The molecule has 0 aliphatic heterocycles. The molecule has 1 nitrogen and oxygen atoms in total. The van der Waals surface area contributed by atoms with Crippen LogP contribution in [0.25, 0.3) is 0 Å². The first-order valence-electron chi connectivity index (χ1n) is 8.09. The van der Waals surface area contributed by atoms with Gasteiger partial charge in [-0.15, -0.1) is 0 Å². The molecule has 0 aliphatic rings. The molecular formula is C18H31N. The molecule has 0 saturated carbocycles. The molecule has 0 bridgehead atoms. The maximum atomic E-state index is 5.83. The molecule has 1 heteroatoms. The Bertz CT molecular complexity index is 332. The smallest absolute Gasteiger partial charge is 0.0316 e. The molecule has 0 radical (unpaired) electrons. The number of rotatable bonds is 10. The average molecular weight is 261 g/mol. The van der Waals surface area contributed by atoms with Gasteiger partial charge in [-0.3, -0.25) is 0 Å². The van der Waals surface area contributed by atoms with E-state index in [1.807, 2.05) is 6.07 Å². The minimum atomic E-state index is 0.642. The first-order chi connectivity index (χ1) is 9.24. The maximum absolute atomic E-state index is 5.83. The summed E-state index contributed by atoms with van der Waals surface area (Å²) in [6, 6.07) is 8.35. The average Bonchev–Trinajstić information content (AvgIpc) is 2.41. The fourth-order valence-corrected chi connectivity index (χ4v) is 2.62. The lowest BCUT2D eigenvalue weighted by Crippen LogP contribution is -1.95. The SMILES string of the molecule is CCCCCCCCCCC(C)c1cccc(N)c1. The predicted octanol–water partition coefficient (Wildman–Crippen LogP) is 5.90. The molecule has 0 aliphatic carbocycles. The number of hydrogen-bond acceptors (Lipinski definition) is 1. The van der Waals surface area contributed by atoms with Crippen molar-refractivity contribution < 1.29 is 0 Å². The number of benzene rings is 1. The number of unbranched alkanes of at least 4 members (excludes halogenated alkanes) is 7. The van der Waals surface area contributed by atoms with Gasteiger partial charge < -0.3 is 5.73 Å². The van der Waals surface area contributed by atoms with E-state index in [1.54, 1.807) is 0 Å². The number of nitrogen functional groups attached to an aromatic ring is 1. The first-order valence-corrected chi connectivity index (χ1v) is 8.09. The van der Waals surface area contributed by atoms with Gasteiger partial charge in [0, 0.05) is 5.69 Å². The third-order valence-corrected chi connectivity index (χ3v) is 3.97. The van der Waals surface area contributed by atoms with Crippen molar-refractivity contribution in [3.63, 3.8) is 0 Å². The van der Waals surface area contributed by atoms with Crippen molar-refractivity contribution in [2.24, 2.45) is 0 Å². The Kier molecular flexibility index (Phi) is 8.36. The van der Waals surface area contributed by atoms with E-state index in [2.05, 4.69) is 32.0 Å². The van der Waals surface area contributed by atoms with Gasteiger partial charge in [0.25, 0.3) is 0 Å². The van der Waals surface area contributed by atoms with Gasteiger partial charge in [-0.25, -0.2) is 0 Å². The molecular weight excluding hydrogens is 230 g/mol. The molecule has 0 aromatic heterocycles. The monoisotopic (exact) mass is 261 g/mol. The zero-order valence-electron chi connectivity index (χ0n) is 12.8. The van der Waals surface area contributed by atoms with Crippen LogP contribution in [0.1, 0.15) is 83.1 Å². The van der Waals surface area contributed by atoms with E-state index in [-0.39, 0.29) is 0 Å². The summed E-state index contributed by atoms with van der Waals surface area (Å²) in [6.45, 7) is 4.59. The summed E-state index contributed by atoms with van der Waals surface area (Å²) in [5.41, 5.74) is 8.11. The summed E-state index contributed by atoms with van der Waals surface area (Å²) in [7, 11) is 0. The quantitative estimate of drug-likeness (QED) is 0.411. The third-order valence-electron chi connectivity index (χ3n) is 3.97. The zero-order chi connectivity index (χ0) is 13.9. The van der Waals surface area contributed by atoms with Crippen LogP contribution in [-0.2, 0) is 0 Å². The minimum Gasteiger partial charge on any atom is -0.399 e. The summed E-state index contributed by atoms with van der Waals surface area (Å²) in [5.74, 6) is 0.642. The van der Waals surface area contributed by atoms with Gasteiger partial charge in [0.1, 0.15) is 0 Å². The summed E-state index contributed by atoms with van der Waals surface area (Å²) in [6.07, 6.45) is 12.5. The summed E-state index contributed by atoms with van der Waals surface area (Å²) in [5, 5.41) is 0. The van der Waals surface area contributed by atoms with Gasteiger partial charge in [-0.05, 0) is 30.0 Å². The van der Waals surface area contributed by atoms with E-state index in [9.17, 15) is 0 Å². The van der Waals surface area contributed by atoms with Crippen LogP contribution in [-0.4, -0.2) is 0 Å². The maximum Gasteiger partial charge on any atom is 0.0316 e. The summed E-state index contributed by atoms with van der Waals surface area (Å²) in [4.78, 5) is 0. The van der Waals surface area contributed by atoms with E-state index in [1.165, 1.54) is 63.4 Å². The molecule has 1 atom stereocenters. The minimum absolute atomic E-state index is 0.642. The normalized spacial score (nSPS) is 12.5. The molecule has 0 spiro atoms. The molecule has 0 heterocycles. The molecule has 1 rings (SSSR count). The molecule has 0 fully saturated rings. The van der Waals surface area contributed by atoms with Crippen LogP contribution in [0.2, 0.25) is 0 Å². The Hall–Kier alpha value is -0.980. The van der Waals surface area contributed by atoms with Crippen molar-refractivity contribution >= 4 is 5.69 Å². The summed E-state index contributed by atoms with van der Waals surface area (Å²) >= 11 is 0. The van der Waals surface area contributed by atoms with Crippen molar-refractivity contribution in [3.05, 3.63) is 29.8 Å². The molecule has 19 heavy (non-hydrogen) atoms. The van der Waals surface area contributed by atoms with Gasteiger partial charge in [-0.1, -0.05) is 77.3 Å². The third kappa shape index (κ3) is 7.25. The Labute approximate surface area is 119 Å². The van der Waals surface area contributed by atoms with Crippen LogP contribution in [0.15, 0.2) is 24.3 Å². The first kappa shape index (κ1) is 16.1. The Morgan fingerprint density at radius 2 is 1.58 bits per heavy atom. The van der Waals surface area contributed by atoms with Crippen LogP contribution < -0.4 is 5.73 Å². The van der Waals surface area contributed by atoms with Crippen molar-refractivity contribution in [3.8, 4) is 0 Å². The standard InChI is InChI=1S/C18H31N/c1-3-4-5-6-7-8-9-10-12-16(2)17-13-11-14-18(19)15-17/h11,13-16H,3-10,12,19H2,1-2H3. The van der Waals surface area contributed by atoms with Gasteiger partial charge in [-0.2, -0.15) is 0 Å². The van der Waals surface area contributed by atoms with E-state index >= 15 is 0 Å². The van der Waals surface area contributed by atoms with Gasteiger partial charge >= 0.3 is 0 Å². The molecule has 0 amide bonds. The highest BCUT2D eigenvalue weighted by Gasteiger charge is 2.05. The van der Waals surface area contributed by atoms with Crippen LogP contribution in [0, 0.1) is 0 Å². The van der Waals surface area contributed by atoms with Crippen molar-refractivity contribution in [2.45, 2.75) is 77.6 Å². The Morgan fingerprint density at radius 3 is 2.21 bits per heavy atom. The van der Waals surface area contributed by atoms with Crippen LogP contribution in [0.4, 0.5) is 5.69 Å². The second-order valence-electron chi connectivity index (χ2n) is 5.83. The molecule has 1 aromatic rings. The zero-order valence-corrected chi connectivity index (χ0v) is 12.8. The second-order valence-corrected chi connectivity index (χ2v) is 5.83. The Morgan fingerprint density at radius 1 is 0.947 bits per heavy atom. The molecule has 1 unspecified atom stereocenters. The predicted molar refractivity (Wildman–Crippen MR) is 86.5 cm³/mol. The van der Waals surface area contributed by atoms with Gasteiger partial charge in [0.15, 0.2) is 0 Å². The molecule has 2 N–H and O–H groups in total. The number of nitrogens with two attached hydrogens (primary N) is 1. The lowest BCUT2D eigenvalue weighted by molar-refractivity contribution is 0.543.